The third kappa shape index (κ3) is 2.47. The number of rotatable bonds is 2. The summed E-state index contributed by atoms with van der Waals surface area (Å²) in [5.41, 5.74) is 2.64. The number of nitrogens with zero attached hydrogens (tertiary/aromatic N) is 1. The van der Waals surface area contributed by atoms with Gasteiger partial charge >= 0.3 is 0 Å². The van der Waals surface area contributed by atoms with Crippen molar-refractivity contribution in [1.82, 2.24) is 4.98 Å². The van der Waals surface area contributed by atoms with Gasteiger partial charge in [0.2, 0.25) is 0 Å². The Balaban J connectivity index is 1.95. The Morgan fingerprint density at radius 1 is 0.789 bits per heavy atom. The molecule has 0 fully saturated rings. The van der Waals surface area contributed by atoms with E-state index in [1.54, 1.807) is 12.1 Å². The summed E-state index contributed by atoms with van der Waals surface area (Å²) in [5, 5.41) is 10.8. The number of pyridine rings is 1. The molecule has 2 aromatic carbocycles. The van der Waals surface area contributed by atoms with Gasteiger partial charge in [-0.2, -0.15) is 0 Å². The zero-order valence-electron chi connectivity index (χ0n) is 10.3. The third-order valence-corrected chi connectivity index (χ3v) is 2.99. The molecule has 0 saturated heterocycles. The Labute approximate surface area is 111 Å². The van der Waals surface area contributed by atoms with Gasteiger partial charge in [0.25, 0.3) is 0 Å². The zero-order valence-corrected chi connectivity index (χ0v) is 10.3. The molecule has 2 heteroatoms. The Morgan fingerprint density at radius 3 is 2.47 bits per heavy atom. The number of phenolic OH excluding ortho intramolecular Hbond substituents is 1. The van der Waals surface area contributed by atoms with Crippen LogP contribution in [-0.4, -0.2) is 10.1 Å². The highest BCUT2D eigenvalue weighted by Gasteiger charge is 1.96. The number of fused-ring (bicyclic) bond motifs is 1. The van der Waals surface area contributed by atoms with Gasteiger partial charge in [0, 0.05) is 10.9 Å². The van der Waals surface area contributed by atoms with Gasteiger partial charge in [-0.15, -0.1) is 0 Å². The van der Waals surface area contributed by atoms with Crippen LogP contribution >= 0.6 is 0 Å². The quantitative estimate of drug-likeness (QED) is 0.739. The normalized spacial score (nSPS) is 11.2. The van der Waals surface area contributed by atoms with Gasteiger partial charge in [0.1, 0.15) is 5.75 Å². The van der Waals surface area contributed by atoms with Crippen LogP contribution in [0.5, 0.6) is 5.75 Å². The zero-order chi connectivity index (χ0) is 13.1. The van der Waals surface area contributed by atoms with Crippen LogP contribution in [0.2, 0.25) is 0 Å². The molecule has 92 valence electrons. The van der Waals surface area contributed by atoms with Crippen molar-refractivity contribution in [2.24, 2.45) is 0 Å². The second-order valence-electron chi connectivity index (χ2n) is 4.32. The largest absolute Gasteiger partial charge is 0.507 e. The molecule has 0 unspecified atom stereocenters. The van der Waals surface area contributed by atoms with Crippen molar-refractivity contribution >= 4 is 23.1 Å². The number of phenols is 1. The maximum Gasteiger partial charge on any atom is 0.122 e. The molecule has 0 saturated carbocycles. The van der Waals surface area contributed by atoms with Crippen molar-refractivity contribution in [2.75, 3.05) is 0 Å². The average Bonchev–Trinajstić information content (AvgIpc) is 2.46. The lowest BCUT2D eigenvalue weighted by molar-refractivity contribution is 0.474. The SMILES string of the molecule is Oc1ccccc1/C=C/c1ccc2ccccc2n1. The molecule has 3 rings (SSSR count). The van der Waals surface area contributed by atoms with Gasteiger partial charge in [0.05, 0.1) is 11.2 Å². The molecular weight excluding hydrogens is 234 g/mol. The lowest BCUT2D eigenvalue weighted by Crippen LogP contribution is -1.82. The van der Waals surface area contributed by atoms with Crippen LogP contribution in [0.1, 0.15) is 11.3 Å². The van der Waals surface area contributed by atoms with Crippen molar-refractivity contribution in [3.8, 4) is 5.75 Å². The fourth-order valence-electron chi connectivity index (χ4n) is 1.98. The molecule has 0 atom stereocenters. The Bertz CT molecular complexity index is 747. The Kier molecular flexibility index (Phi) is 2.99. The monoisotopic (exact) mass is 247 g/mol. The van der Waals surface area contributed by atoms with Crippen LogP contribution in [0, 0.1) is 0 Å². The number of para-hydroxylation sites is 2. The number of hydrogen-bond acceptors (Lipinski definition) is 2. The van der Waals surface area contributed by atoms with E-state index >= 15 is 0 Å². The molecule has 0 spiro atoms. The minimum absolute atomic E-state index is 0.277. The number of benzene rings is 2. The molecule has 0 aliphatic carbocycles. The number of aromatic hydroxyl groups is 1. The molecule has 0 bridgehead atoms. The van der Waals surface area contributed by atoms with Crippen LogP contribution in [0.15, 0.2) is 60.7 Å². The number of hydrogen-bond donors (Lipinski definition) is 1. The van der Waals surface area contributed by atoms with Crippen LogP contribution in [-0.2, 0) is 0 Å². The molecule has 19 heavy (non-hydrogen) atoms. The van der Waals surface area contributed by atoms with E-state index in [2.05, 4.69) is 4.98 Å². The van der Waals surface area contributed by atoms with E-state index in [1.807, 2.05) is 60.7 Å². The second-order valence-corrected chi connectivity index (χ2v) is 4.32. The molecule has 1 heterocycles. The minimum atomic E-state index is 0.277. The fraction of sp³-hybridized carbons (Fsp3) is 0. The first kappa shape index (κ1) is 11.5. The van der Waals surface area contributed by atoms with E-state index in [0.29, 0.717) is 0 Å². The van der Waals surface area contributed by atoms with Gasteiger partial charge in [0.15, 0.2) is 0 Å². The second kappa shape index (κ2) is 4.94. The van der Waals surface area contributed by atoms with Crippen LogP contribution < -0.4 is 0 Å². The summed E-state index contributed by atoms with van der Waals surface area (Å²) in [4.78, 5) is 4.55. The first-order chi connectivity index (χ1) is 9.33. The van der Waals surface area contributed by atoms with E-state index in [-0.39, 0.29) is 5.75 Å². The Morgan fingerprint density at radius 2 is 1.58 bits per heavy atom. The summed E-state index contributed by atoms with van der Waals surface area (Å²) in [6.07, 6.45) is 3.77. The summed E-state index contributed by atoms with van der Waals surface area (Å²) in [6, 6.07) is 19.3. The predicted octanol–water partition coefficient (Wildman–Crippen LogP) is 4.11. The average molecular weight is 247 g/mol. The van der Waals surface area contributed by atoms with E-state index in [9.17, 15) is 5.11 Å². The van der Waals surface area contributed by atoms with Crippen molar-refractivity contribution in [2.45, 2.75) is 0 Å². The predicted molar refractivity (Wildman–Crippen MR) is 78.8 cm³/mol. The van der Waals surface area contributed by atoms with E-state index in [4.69, 9.17) is 0 Å². The van der Waals surface area contributed by atoms with Gasteiger partial charge < -0.3 is 5.11 Å². The maximum absolute atomic E-state index is 9.69. The first-order valence-electron chi connectivity index (χ1n) is 6.15. The highest BCUT2D eigenvalue weighted by Crippen LogP contribution is 2.19. The van der Waals surface area contributed by atoms with E-state index in [1.165, 1.54) is 0 Å². The molecule has 0 amide bonds. The van der Waals surface area contributed by atoms with Gasteiger partial charge in [-0.05, 0) is 30.4 Å². The van der Waals surface area contributed by atoms with Crippen LogP contribution in [0.4, 0.5) is 0 Å². The topological polar surface area (TPSA) is 33.1 Å². The van der Waals surface area contributed by atoms with Crippen molar-refractivity contribution < 1.29 is 5.11 Å². The van der Waals surface area contributed by atoms with Gasteiger partial charge in [-0.25, -0.2) is 4.98 Å². The minimum Gasteiger partial charge on any atom is -0.507 e. The standard InChI is InChI=1S/C17H13NO/c19-17-8-4-2-6-14(17)10-12-15-11-9-13-5-1-3-7-16(13)18-15/h1-12,19H/b12-10+. The lowest BCUT2D eigenvalue weighted by atomic mass is 10.1. The Hall–Kier alpha value is -2.61. The summed E-state index contributed by atoms with van der Waals surface area (Å²) in [7, 11) is 0. The van der Waals surface area contributed by atoms with E-state index < -0.39 is 0 Å². The highest BCUT2D eigenvalue weighted by atomic mass is 16.3. The molecular formula is C17H13NO. The summed E-state index contributed by atoms with van der Waals surface area (Å²) in [5.74, 6) is 0.277. The molecule has 2 nitrogen and oxygen atoms in total. The molecule has 0 aliphatic heterocycles. The van der Waals surface area contributed by atoms with E-state index in [0.717, 1.165) is 22.2 Å². The maximum atomic E-state index is 9.69. The van der Waals surface area contributed by atoms with Crippen LogP contribution in [0.3, 0.4) is 0 Å². The summed E-state index contributed by atoms with van der Waals surface area (Å²) >= 11 is 0. The number of aromatic nitrogens is 1. The van der Waals surface area contributed by atoms with Crippen LogP contribution in [0.25, 0.3) is 23.1 Å². The molecule has 0 radical (unpaired) electrons. The van der Waals surface area contributed by atoms with Crippen molar-refractivity contribution in [3.05, 3.63) is 71.9 Å². The first-order valence-corrected chi connectivity index (χ1v) is 6.15. The molecule has 1 N–H and O–H groups in total. The molecule has 3 aromatic rings. The van der Waals surface area contributed by atoms with Crippen molar-refractivity contribution in [1.29, 1.82) is 0 Å². The highest BCUT2D eigenvalue weighted by molar-refractivity contribution is 5.81. The molecule has 1 aromatic heterocycles. The lowest BCUT2D eigenvalue weighted by Gasteiger charge is -1.99. The smallest absolute Gasteiger partial charge is 0.122 e. The van der Waals surface area contributed by atoms with Crippen molar-refractivity contribution in [3.63, 3.8) is 0 Å². The summed E-state index contributed by atoms with van der Waals surface area (Å²) in [6.45, 7) is 0. The fourth-order valence-corrected chi connectivity index (χ4v) is 1.98. The third-order valence-electron chi connectivity index (χ3n) is 2.99. The van der Waals surface area contributed by atoms with Gasteiger partial charge in [-0.1, -0.05) is 42.5 Å². The van der Waals surface area contributed by atoms with Gasteiger partial charge in [-0.3, -0.25) is 0 Å². The summed E-state index contributed by atoms with van der Waals surface area (Å²) < 4.78 is 0. The molecule has 0 aliphatic rings.